The zero-order chi connectivity index (χ0) is 20.1. The van der Waals surface area contributed by atoms with Gasteiger partial charge in [0.2, 0.25) is 4.21 Å². The molecule has 1 fully saturated rings. The van der Waals surface area contributed by atoms with Crippen LogP contribution in [0, 0.1) is 0 Å². The maximum Gasteiger partial charge on any atom is 0.232 e. The minimum atomic E-state index is -1.19. The van der Waals surface area contributed by atoms with E-state index in [1.807, 2.05) is 17.8 Å². The molecule has 1 aliphatic rings. The molecule has 5 rings (SSSR count). The first-order valence-corrected chi connectivity index (χ1v) is 11.6. The molecule has 1 saturated carbocycles. The molecule has 0 amide bonds. The van der Waals surface area contributed by atoms with Crippen LogP contribution in [0.3, 0.4) is 0 Å². The molecule has 0 saturated heterocycles. The van der Waals surface area contributed by atoms with Crippen LogP contribution < -0.4 is 5.73 Å². The maximum absolute atomic E-state index is 12.7. The number of hydrogen-bond donors (Lipinski definition) is 1. The Balaban J connectivity index is 1.66. The van der Waals surface area contributed by atoms with Crippen molar-refractivity contribution in [3.8, 4) is 11.3 Å². The number of ether oxygens (including phenoxy) is 1. The Kier molecular flexibility index (Phi) is 4.70. The number of nitrogens with two attached hydrogens (primary N) is 1. The molecule has 0 aromatic carbocycles. The first-order chi connectivity index (χ1) is 14.1. The molecule has 9 heteroatoms. The molecular weight excluding hydrogens is 406 g/mol. The van der Waals surface area contributed by atoms with Crippen molar-refractivity contribution < 1.29 is 9.29 Å². The van der Waals surface area contributed by atoms with Crippen LogP contribution in [0.25, 0.3) is 32.6 Å². The molecule has 1 atom stereocenters. The van der Waals surface area contributed by atoms with Crippen LogP contribution in [0.5, 0.6) is 0 Å². The van der Waals surface area contributed by atoms with E-state index in [-0.39, 0.29) is 0 Å². The summed E-state index contributed by atoms with van der Waals surface area (Å²) >= 11 is 0.238. The summed E-state index contributed by atoms with van der Waals surface area (Å²) < 4.78 is 20.4. The predicted octanol–water partition coefficient (Wildman–Crippen LogP) is 3.46. The van der Waals surface area contributed by atoms with Crippen molar-refractivity contribution in [2.75, 3.05) is 25.2 Å². The number of imidazole rings is 1. The van der Waals surface area contributed by atoms with Gasteiger partial charge in [-0.2, -0.15) is 0 Å². The van der Waals surface area contributed by atoms with Gasteiger partial charge in [-0.15, -0.1) is 0 Å². The van der Waals surface area contributed by atoms with E-state index >= 15 is 0 Å². The van der Waals surface area contributed by atoms with Gasteiger partial charge in [0.1, 0.15) is 16.3 Å². The van der Waals surface area contributed by atoms with E-state index in [2.05, 4.69) is 22.1 Å². The van der Waals surface area contributed by atoms with Crippen molar-refractivity contribution in [1.82, 2.24) is 19.5 Å². The highest BCUT2D eigenvalue weighted by Crippen LogP contribution is 2.48. The van der Waals surface area contributed by atoms with Crippen molar-refractivity contribution >= 4 is 49.6 Å². The van der Waals surface area contributed by atoms with E-state index in [0.29, 0.717) is 28.2 Å². The highest BCUT2D eigenvalue weighted by Gasteiger charge is 2.31. The van der Waals surface area contributed by atoms with E-state index in [9.17, 15) is 4.55 Å². The normalized spacial score (nSPS) is 15.4. The summed E-state index contributed by atoms with van der Waals surface area (Å²) in [5.41, 5.74) is 11.8. The summed E-state index contributed by atoms with van der Waals surface area (Å²) in [6, 6.07) is 4.19. The van der Waals surface area contributed by atoms with Crippen molar-refractivity contribution in [3.63, 3.8) is 0 Å². The van der Waals surface area contributed by atoms with Crippen LogP contribution >= 0.6 is 11.3 Å². The average molecular weight is 428 g/mol. The standard InChI is InChI=1S/C20H21N5O2S2/c1-25-10-23-18-15(25)7-12(9-22-18)14-8-13(11-3-4-11)16-17(21)20(28-19(16)24-14)29(26)6-5-27-2/h7-11H,3-6,21H2,1-2H3. The van der Waals surface area contributed by atoms with Gasteiger partial charge in [-0.3, -0.25) is 0 Å². The van der Waals surface area contributed by atoms with E-state index < -0.39 is 11.2 Å². The van der Waals surface area contributed by atoms with Crippen molar-refractivity contribution in [2.24, 2.45) is 7.05 Å². The van der Waals surface area contributed by atoms with E-state index in [0.717, 1.165) is 45.5 Å². The number of nitrogens with zero attached hydrogens (tertiary/aromatic N) is 4. The molecule has 1 aliphatic carbocycles. The predicted molar refractivity (Wildman–Crippen MR) is 117 cm³/mol. The van der Waals surface area contributed by atoms with Crippen molar-refractivity contribution in [3.05, 3.63) is 30.2 Å². The molecule has 7 nitrogen and oxygen atoms in total. The number of nitrogen functional groups attached to an aromatic ring is 1. The molecule has 0 radical (unpaired) electrons. The quantitative estimate of drug-likeness (QED) is 0.473. The van der Waals surface area contributed by atoms with Crippen LogP contribution in [0.2, 0.25) is 0 Å². The fourth-order valence-electron chi connectivity index (χ4n) is 3.56. The van der Waals surface area contributed by atoms with Gasteiger partial charge in [-0.1, -0.05) is 11.3 Å². The molecule has 150 valence electrons. The first-order valence-electron chi connectivity index (χ1n) is 9.44. The Hall–Kier alpha value is -2.20. The number of aromatic nitrogens is 4. The van der Waals surface area contributed by atoms with E-state index in [1.165, 1.54) is 16.9 Å². The molecule has 4 aromatic heterocycles. The lowest BCUT2D eigenvalue weighted by Gasteiger charge is -2.09. The molecule has 29 heavy (non-hydrogen) atoms. The Bertz CT molecular complexity index is 1210. The minimum absolute atomic E-state index is 0.431. The van der Waals surface area contributed by atoms with Gasteiger partial charge >= 0.3 is 0 Å². The zero-order valence-corrected chi connectivity index (χ0v) is 17.8. The van der Waals surface area contributed by atoms with Crippen LogP contribution in [0.15, 0.2) is 28.9 Å². The number of methoxy groups -OCH3 is 1. The smallest absolute Gasteiger partial charge is 0.232 e. The highest BCUT2D eigenvalue weighted by molar-refractivity contribution is 7.93. The number of aryl methyl sites for hydroxylation is 1. The van der Waals surface area contributed by atoms with Gasteiger partial charge in [0.25, 0.3) is 0 Å². The molecule has 2 N–H and O–H groups in total. The number of anilines is 1. The second kappa shape index (κ2) is 7.24. The summed E-state index contributed by atoms with van der Waals surface area (Å²) in [4.78, 5) is 14.5. The van der Waals surface area contributed by atoms with Crippen molar-refractivity contribution in [2.45, 2.75) is 23.0 Å². The lowest BCUT2D eigenvalue weighted by atomic mass is 10.0. The fourth-order valence-corrected chi connectivity index (χ4v) is 6.13. The molecule has 0 bridgehead atoms. The molecule has 1 unspecified atom stereocenters. The largest absolute Gasteiger partial charge is 0.611 e. The first kappa shape index (κ1) is 18.8. The molecule has 4 heterocycles. The zero-order valence-electron chi connectivity index (χ0n) is 16.2. The summed E-state index contributed by atoms with van der Waals surface area (Å²) in [5.74, 6) is 0.921. The monoisotopic (exact) mass is 427 g/mol. The third kappa shape index (κ3) is 3.28. The van der Waals surface area contributed by atoms with Gasteiger partial charge in [-0.25, -0.2) is 15.0 Å². The Morgan fingerprint density at radius 3 is 2.93 bits per heavy atom. The number of rotatable bonds is 6. The maximum atomic E-state index is 12.7. The number of pyridine rings is 2. The van der Waals surface area contributed by atoms with Crippen LogP contribution in [0.4, 0.5) is 5.69 Å². The van der Waals surface area contributed by atoms with E-state index in [4.69, 9.17) is 15.5 Å². The highest BCUT2D eigenvalue weighted by atomic mass is 32.2. The summed E-state index contributed by atoms with van der Waals surface area (Å²) in [5, 5.41) is 0.969. The van der Waals surface area contributed by atoms with Gasteiger partial charge in [-0.05, 0) is 36.5 Å². The van der Waals surface area contributed by atoms with Gasteiger partial charge in [0.15, 0.2) is 5.65 Å². The Morgan fingerprint density at radius 2 is 2.17 bits per heavy atom. The summed E-state index contributed by atoms with van der Waals surface area (Å²) in [6.45, 7) is 0.435. The molecule has 0 spiro atoms. The van der Waals surface area contributed by atoms with Crippen LogP contribution in [0.1, 0.15) is 24.3 Å². The third-order valence-corrected chi connectivity index (χ3v) is 8.14. The Morgan fingerprint density at radius 1 is 1.34 bits per heavy atom. The average Bonchev–Trinajstić information content (AvgIpc) is 3.44. The second-order valence-corrected chi connectivity index (χ2v) is 10.1. The molecular formula is C20H21N5O2S2. The topological polar surface area (TPSA) is 102 Å². The fraction of sp³-hybridized carbons (Fsp3) is 0.350. The SMILES string of the molecule is COCC[S+]([O-])c1sc2nc(-c3cnc4ncn(C)c4c3)cc(C3CC3)c2c1N. The lowest BCUT2D eigenvalue weighted by molar-refractivity contribution is 0.217. The van der Waals surface area contributed by atoms with Gasteiger partial charge in [0.05, 0.1) is 24.1 Å². The molecule has 4 aromatic rings. The van der Waals surface area contributed by atoms with Crippen molar-refractivity contribution in [1.29, 1.82) is 0 Å². The van der Waals surface area contributed by atoms with Crippen LogP contribution in [-0.2, 0) is 23.0 Å². The molecule has 0 aliphatic heterocycles. The third-order valence-electron chi connectivity index (χ3n) is 5.27. The lowest BCUT2D eigenvalue weighted by Crippen LogP contribution is -2.11. The van der Waals surface area contributed by atoms with Gasteiger partial charge < -0.3 is 19.6 Å². The Labute approximate surface area is 175 Å². The summed E-state index contributed by atoms with van der Waals surface area (Å²) in [6.07, 6.45) is 5.87. The van der Waals surface area contributed by atoms with Gasteiger partial charge in [0, 0.05) is 42.5 Å². The van der Waals surface area contributed by atoms with Crippen LogP contribution in [-0.4, -0.2) is 43.5 Å². The van der Waals surface area contributed by atoms with E-state index in [1.54, 1.807) is 13.4 Å². The number of thiophene rings is 1. The summed E-state index contributed by atoms with van der Waals surface area (Å²) in [7, 11) is 3.56. The number of fused-ring (bicyclic) bond motifs is 2. The minimum Gasteiger partial charge on any atom is -0.611 e. The number of hydrogen-bond acceptors (Lipinski definition) is 7. The second-order valence-electron chi connectivity index (χ2n) is 7.32.